The van der Waals surface area contributed by atoms with E-state index in [1.807, 2.05) is 13.0 Å². The molecular weight excluding hydrogens is 320 g/mol. The van der Waals surface area contributed by atoms with Crippen LogP contribution in [0.15, 0.2) is 18.2 Å². The molecule has 0 spiro atoms. The average Bonchev–Trinajstić information content (AvgIpc) is 2.46. The zero-order chi connectivity index (χ0) is 16.5. The number of hydrogen-bond donors (Lipinski definition) is 4. The summed E-state index contributed by atoms with van der Waals surface area (Å²) >= 11 is 11.2. The van der Waals surface area contributed by atoms with Crippen LogP contribution in [0.2, 0.25) is 5.02 Å². The summed E-state index contributed by atoms with van der Waals surface area (Å²) in [7, 11) is 4.22. The number of hydrogen-bond acceptors (Lipinski definition) is 2. The second-order valence-electron chi connectivity index (χ2n) is 5.38. The zero-order valence-electron chi connectivity index (χ0n) is 13.3. The summed E-state index contributed by atoms with van der Waals surface area (Å²) in [6.45, 7) is 3.86. The molecule has 0 radical (unpaired) electrons. The minimum Gasteiger partial charge on any atom is -0.363 e. The van der Waals surface area contributed by atoms with Gasteiger partial charge in [-0.15, -0.1) is 0 Å². The third-order valence-corrected chi connectivity index (χ3v) is 3.79. The van der Waals surface area contributed by atoms with Crippen LogP contribution in [0.1, 0.15) is 12.0 Å². The van der Waals surface area contributed by atoms with E-state index in [2.05, 4.69) is 30.0 Å². The van der Waals surface area contributed by atoms with Gasteiger partial charge in [0.05, 0.1) is 27.2 Å². The smallest absolute Gasteiger partial charge is 0.243 e. The second-order valence-corrected chi connectivity index (χ2v) is 6.20. The standard InChI is InChI=1S/C15H23ClN4OS/c1-11-12(16)6-4-7-13(11)19-14(21)10-18-15(22)17-8-5-9-20(2)3/h4,6-7H,5,8-10H2,1-3H3,(H,19,21)(H2,17,18,22)/p+1. The molecule has 1 aromatic rings. The molecule has 0 aromatic heterocycles. The SMILES string of the molecule is Cc1c(Cl)cccc1NC(=O)CNC(=S)NCCC[NH+](C)C. The fourth-order valence-electron chi connectivity index (χ4n) is 1.80. The van der Waals surface area contributed by atoms with E-state index in [9.17, 15) is 4.79 Å². The molecule has 5 nitrogen and oxygen atoms in total. The van der Waals surface area contributed by atoms with Gasteiger partial charge in [-0.3, -0.25) is 4.79 Å². The zero-order valence-corrected chi connectivity index (χ0v) is 14.8. The van der Waals surface area contributed by atoms with Crippen LogP contribution >= 0.6 is 23.8 Å². The molecule has 1 rings (SSSR count). The van der Waals surface area contributed by atoms with Gasteiger partial charge in [0.1, 0.15) is 0 Å². The van der Waals surface area contributed by atoms with Crippen LogP contribution in [0.3, 0.4) is 0 Å². The van der Waals surface area contributed by atoms with Crippen molar-refractivity contribution in [1.29, 1.82) is 0 Å². The fourth-order valence-corrected chi connectivity index (χ4v) is 2.15. The number of rotatable bonds is 7. The Morgan fingerprint density at radius 1 is 1.32 bits per heavy atom. The maximum Gasteiger partial charge on any atom is 0.243 e. The molecule has 122 valence electrons. The lowest BCUT2D eigenvalue weighted by Gasteiger charge is -2.12. The summed E-state index contributed by atoms with van der Waals surface area (Å²) in [6.07, 6.45) is 1.03. The lowest BCUT2D eigenvalue weighted by atomic mass is 10.2. The molecule has 4 N–H and O–H groups in total. The minimum atomic E-state index is -0.160. The summed E-state index contributed by atoms with van der Waals surface area (Å²) in [5.41, 5.74) is 1.57. The molecule has 0 atom stereocenters. The van der Waals surface area contributed by atoms with Crippen molar-refractivity contribution in [2.24, 2.45) is 0 Å². The molecule has 0 unspecified atom stereocenters. The second kappa shape index (κ2) is 9.61. The van der Waals surface area contributed by atoms with Gasteiger partial charge < -0.3 is 20.9 Å². The largest absolute Gasteiger partial charge is 0.363 e. The summed E-state index contributed by atoms with van der Waals surface area (Å²) in [4.78, 5) is 13.3. The van der Waals surface area contributed by atoms with Gasteiger partial charge in [0.15, 0.2) is 5.11 Å². The number of quaternary nitrogens is 1. The minimum absolute atomic E-state index is 0.122. The van der Waals surface area contributed by atoms with Crippen LogP contribution in [-0.2, 0) is 4.79 Å². The number of amides is 1. The maximum absolute atomic E-state index is 11.9. The third-order valence-electron chi connectivity index (χ3n) is 3.09. The Labute approximate surface area is 142 Å². The van der Waals surface area contributed by atoms with Gasteiger partial charge in [0.2, 0.25) is 5.91 Å². The molecule has 0 aliphatic heterocycles. The molecule has 22 heavy (non-hydrogen) atoms. The first-order chi connectivity index (χ1) is 10.4. The highest BCUT2D eigenvalue weighted by Crippen LogP contribution is 2.22. The Hall–Kier alpha value is -1.37. The first-order valence-corrected chi connectivity index (χ1v) is 8.04. The number of benzene rings is 1. The van der Waals surface area contributed by atoms with Crippen LogP contribution in [0, 0.1) is 6.92 Å². The Balaban J connectivity index is 2.28. The predicted octanol–water partition coefficient (Wildman–Crippen LogP) is 0.586. The van der Waals surface area contributed by atoms with E-state index >= 15 is 0 Å². The third kappa shape index (κ3) is 7.06. The summed E-state index contributed by atoms with van der Waals surface area (Å²) in [5.74, 6) is -0.160. The van der Waals surface area contributed by atoms with Crippen molar-refractivity contribution in [2.75, 3.05) is 39.0 Å². The van der Waals surface area contributed by atoms with Gasteiger partial charge in [0.25, 0.3) is 0 Å². The number of nitrogens with one attached hydrogen (secondary N) is 4. The first-order valence-electron chi connectivity index (χ1n) is 7.26. The van der Waals surface area contributed by atoms with E-state index in [0.29, 0.717) is 15.8 Å². The quantitative estimate of drug-likeness (QED) is 0.432. The van der Waals surface area contributed by atoms with Crippen LogP contribution in [0.25, 0.3) is 0 Å². The van der Waals surface area contributed by atoms with Crippen LogP contribution in [-0.4, -0.2) is 44.7 Å². The highest BCUT2D eigenvalue weighted by atomic mass is 35.5. The molecule has 0 saturated carbocycles. The molecule has 0 aliphatic carbocycles. The number of thiocarbonyl (C=S) groups is 1. The van der Waals surface area contributed by atoms with Gasteiger partial charge in [-0.25, -0.2) is 0 Å². The van der Waals surface area contributed by atoms with Gasteiger partial charge in [-0.05, 0) is 36.8 Å². The summed E-state index contributed by atoms with van der Waals surface area (Å²) in [5, 5.41) is 9.91. The first kappa shape index (κ1) is 18.7. The Morgan fingerprint density at radius 2 is 2.05 bits per heavy atom. The van der Waals surface area contributed by atoms with Crippen LogP contribution < -0.4 is 20.9 Å². The van der Waals surface area contributed by atoms with E-state index in [1.165, 1.54) is 4.90 Å². The molecule has 1 aromatic carbocycles. The number of carbonyl (C=O) groups excluding carboxylic acids is 1. The summed E-state index contributed by atoms with van der Waals surface area (Å²) < 4.78 is 0. The van der Waals surface area contributed by atoms with Gasteiger partial charge >= 0.3 is 0 Å². The lowest BCUT2D eigenvalue weighted by Crippen LogP contribution is -3.05. The van der Waals surface area contributed by atoms with Crippen LogP contribution in [0.4, 0.5) is 5.69 Å². The molecule has 0 fully saturated rings. The van der Waals surface area contributed by atoms with E-state index in [4.69, 9.17) is 23.8 Å². The molecule has 0 heterocycles. The molecule has 0 bridgehead atoms. The van der Waals surface area contributed by atoms with Crippen molar-refractivity contribution in [2.45, 2.75) is 13.3 Å². The topological polar surface area (TPSA) is 57.6 Å². The van der Waals surface area contributed by atoms with Crippen molar-refractivity contribution in [1.82, 2.24) is 10.6 Å². The van der Waals surface area contributed by atoms with E-state index < -0.39 is 0 Å². The number of anilines is 1. The number of carbonyl (C=O) groups is 1. The van der Waals surface area contributed by atoms with Gasteiger partial charge in [0, 0.05) is 23.7 Å². The molecular formula is C15H24ClN4OS+. The monoisotopic (exact) mass is 343 g/mol. The molecule has 1 amide bonds. The van der Waals surface area contributed by atoms with Crippen molar-refractivity contribution < 1.29 is 9.69 Å². The highest BCUT2D eigenvalue weighted by Gasteiger charge is 2.07. The van der Waals surface area contributed by atoms with Crippen molar-refractivity contribution in [3.8, 4) is 0 Å². The average molecular weight is 344 g/mol. The molecule has 0 saturated heterocycles. The summed E-state index contributed by atoms with van der Waals surface area (Å²) in [6, 6.07) is 5.41. The van der Waals surface area contributed by atoms with E-state index in [1.54, 1.807) is 12.1 Å². The van der Waals surface area contributed by atoms with Crippen molar-refractivity contribution >= 4 is 40.5 Å². The Kier molecular flexibility index (Phi) is 8.16. The maximum atomic E-state index is 11.9. The molecule has 0 aliphatic rings. The van der Waals surface area contributed by atoms with Crippen LogP contribution in [0.5, 0.6) is 0 Å². The highest BCUT2D eigenvalue weighted by molar-refractivity contribution is 7.80. The Morgan fingerprint density at radius 3 is 2.73 bits per heavy atom. The van der Waals surface area contributed by atoms with Gasteiger partial charge in [-0.2, -0.15) is 0 Å². The number of halogens is 1. The van der Waals surface area contributed by atoms with Gasteiger partial charge in [-0.1, -0.05) is 17.7 Å². The predicted molar refractivity (Wildman–Crippen MR) is 95.7 cm³/mol. The van der Waals surface area contributed by atoms with E-state index in [0.717, 1.165) is 25.1 Å². The molecule has 7 heteroatoms. The van der Waals surface area contributed by atoms with Crippen molar-refractivity contribution in [3.05, 3.63) is 28.8 Å². The Bertz CT molecular complexity index is 522. The van der Waals surface area contributed by atoms with E-state index in [-0.39, 0.29) is 12.5 Å². The lowest BCUT2D eigenvalue weighted by molar-refractivity contribution is -0.858. The fraction of sp³-hybridized carbons (Fsp3) is 0.467. The van der Waals surface area contributed by atoms with Crippen molar-refractivity contribution in [3.63, 3.8) is 0 Å². The normalized spacial score (nSPS) is 10.4.